The van der Waals surface area contributed by atoms with E-state index in [0.29, 0.717) is 24.3 Å². The van der Waals surface area contributed by atoms with E-state index in [2.05, 4.69) is 15.4 Å². The van der Waals surface area contributed by atoms with Crippen LogP contribution in [0, 0.1) is 0 Å². The van der Waals surface area contributed by atoms with Crippen LogP contribution in [-0.2, 0) is 18.9 Å². The van der Waals surface area contributed by atoms with E-state index in [0.717, 1.165) is 4.68 Å². The van der Waals surface area contributed by atoms with Gasteiger partial charge >= 0.3 is 24.4 Å². The highest BCUT2D eigenvalue weighted by Gasteiger charge is 2.35. The summed E-state index contributed by atoms with van der Waals surface area (Å²) in [6.07, 6.45) is -0.262. The van der Waals surface area contributed by atoms with Crippen molar-refractivity contribution < 1.29 is 38.1 Å². The molecule has 13 nitrogen and oxygen atoms in total. The van der Waals surface area contributed by atoms with Crippen LogP contribution in [0.15, 0.2) is 23.5 Å². The molecular formula is C24H39N5O8. The van der Waals surface area contributed by atoms with Crippen LogP contribution in [0.1, 0.15) is 75.2 Å². The Hall–Kier alpha value is -3.64. The molecule has 1 aromatic heterocycles. The van der Waals surface area contributed by atoms with E-state index in [4.69, 9.17) is 18.9 Å². The number of aliphatic imine (C=N–C) groups is 1. The van der Waals surface area contributed by atoms with Gasteiger partial charge in [-0.3, -0.25) is 0 Å². The lowest BCUT2D eigenvalue weighted by atomic mass is 10.2. The van der Waals surface area contributed by atoms with Gasteiger partial charge in [-0.2, -0.15) is 5.10 Å². The monoisotopic (exact) mass is 525 g/mol. The molecule has 0 saturated heterocycles. The number of nitrogens with one attached hydrogen (secondary N) is 1. The standard InChI is InChI=1S/C24H39N5O8/c1-22(2,3)35-18(30)25-13-10-11-16-34-20(32)29(21(33)37-24(7,8)9)17(28-15-12-14-26-28)27-19(31)36-23(4,5)6/h12,14-15H,10-11,13,16H2,1-9H3,(H,25,30). The number of imide groups is 1. The largest absolute Gasteiger partial charge is 0.449 e. The quantitative estimate of drug-likeness (QED) is 0.250. The molecule has 0 aliphatic rings. The van der Waals surface area contributed by atoms with Crippen LogP contribution in [0.5, 0.6) is 0 Å². The van der Waals surface area contributed by atoms with Crippen LogP contribution in [0.4, 0.5) is 19.2 Å². The minimum atomic E-state index is -1.13. The predicted octanol–water partition coefficient (Wildman–Crippen LogP) is 4.70. The van der Waals surface area contributed by atoms with Gasteiger partial charge in [0, 0.05) is 18.9 Å². The molecule has 0 aliphatic carbocycles. The van der Waals surface area contributed by atoms with Gasteiger partial charge in [-0.15, -0.1) is 9.89 Å². The zero-order valence-corrected chi connectivity index (χ0v) is 23.1. The summed E-state index contributed by atoms with van der Waals surface area (Å²) in [5, 5.41) is 6.58. The highest BCUT2D eigenvalue weighted by molar-refractivity contribution is 6.10. The van der Waals surface area contributed by atoms with E-state index in [1.54, 1.807) is 62.3 Å². The molecule has 37 heavy (non-hydrogen) atoms. The Morgan fingerprint density at radius 1 is 0.865 bits per heavy atom. The molecule has 13 heteroatoms. The normalized spacial score (nSPS) is 12.4. The van der Waals surface area contributed by atoms with Gasteiger partial charge in [0.25, 0.3) is 5.96 Å². The van der Waals surface area contributed by atoms with E-state index in [-0.39, 0.29) is 6.61 Å². The maximum Gasteiger partial charge on any atom is 0.437 e. The molecule has 4 amide bonds. The summed E-state index contributed by atoms with van der Waals surface area (Å²) < 4.78 is 22.0. The average Bonchev–Trinajstić information content (AvgIpc) is 3.20. The summed E-state index contributed by atoms with van der Waals surface area (Å²) in [6.45, 7) is 15.3. The molecule has 0 radical (unpaired) electrons. The van der Waals surface area contributed by atoms with E-state index in [1.807, 2.05) is 0 Å². The van der Waals surface area contributed by atoms with Gasteiger partial charge in [0.1, 0.15) is 16.8 Å². The van der Waals surface area contributed by atoms with Crippen molar-refractivity contribution in [3.8, 4) is 0 Å². The Bertz CT molecular complexity index is 953. The molecule has 0 spiro atoms. The lowest BCUT2D eigenvalue weighted by molar-refractivity contribution is 0.0329. The second kappa shape index (κ2) is 13.1. The molecule has 0 aromatic carbocycles. The van der Waals surface area contributed by atoms with Crippen molar-refractivity contribution >= 4 is 30.3 Å². The Morgan fingerprint density at radius 3 is 1.97 bits per heavy atom. The van der Waals surface area contributed by atoms with Gasteiger partial charge in [0.2, 0.25) is 0 Å². The fraction of sp³-hybridized carbons (Fsp3) is 0.667. The van der Waals surface area contributed by atoms with Crippen LogP contribution in [0.25, 0.3) is 0 Å². The Labute approximate surface area is 217 Å². The summed E-state index contributed by atoms with van der Waals surface area (Å²) in [7, 11) is 0. The summed E-state index contributed by atoms with van der Waals surface area (Å²) in [4.78, 5) is 54.4. The third-order valence-electron chi connectivity index (χ3n) is 3.72. The number of ether oxygens (including phenoxy) is 4. The van der Waals surface area contributed by atoms with Gasteiger partial charge in [0.05, 0.1) is 6.61 Å². The lowest BCUT2D eigenvalue weighted by Gasteiger charge is -2.26. The first kappa shape index (κ1) is 31.4. The Morgan fingerprint density at radius 2 is 1.46 bits per heavy atom. The first-order chi connectivity index (χ1) is 16.9. The maximum absolute atomic E-state index is 13.0. The molecule has 0 unspecified atom stereocenters. The molecule has 0 atom stereocenters. The zero-order valence-electron chi connectivity index (χ0n) is 23.1. The van der Waals surface area contributed by atoms with Crippen LogP contribution in [0.2, 0.25) is 0 Å². The highest BCUT2D eigenvalue weighted by atomic mass is 16.6. The van der Waals surface area contributed by atoms with Crippen LogP contribution in [-0.4, -0.2) is 75.0 Å². The molecule has 0 bridgehead atoms. The molecule has 1 N–H and O–H groups in total. The predicted molar refractivity (Wildman–Crippen MR) is 134 cm³/mol. The molecule has 1 aromatic rings. The first-order valence-corrected chi connectivity index (χ1v) is 11.9. The summed E-state index contributed by atoms with van der Waals surface area (Å²) in [5.41, 5.74) is -2.46. The van der Waals surface area contributed by atoms with Gasteiger partial charge in [-0.1, -0.05) is 0 Å². The smallest absolute Gasteiger partial charge is 0.437 e. The fourth-order valence-corrected chi connectivity index (χ4v) is 2.46. The Kier molecular flexibility index (Phi) is 11.1. The summed E-state index contributed by atoms with van der Waals surface area (Å²) in [5.74, 6) is -0.481. The number of amides is 4. The number of alkyl carbamates (subject to hydrolysis) is 1. The fourth-order valence-electron chi connectivity index (χ4n) is 2.46. The van der Waals surface area contributed by atoms with E-state index < -0.39 is 47.1 Å². The number of rotatable bonds is 5. The number of carbonyl (C=O) groups is 4. The molecule has 0 aliphatic heterocycles. The van der Waals surface area contributed by atoms with Gasteiger partial charge in [-0.05, 0) is 81.2 Å². The van der Waals surface area contributed by atoms with Crippen molar-refractivity contribution in [2.45, 2.75) is 92.0 Å². The van der Waals surface area contributed by atoms with Crippen molar-refractivity contribution in [3.05, 3.63) is 18.5 Å². The number of carbonyl (C=O) groups excluding carboxylic acids is 4. The molecular weight excluding hydrogens is 486 g/mol. The molecule has 1 heterocycles. The topological polar surface area (TPSA) is 151 Å². The van der Waals surface area contributed by atoms with Gasteiger partial charge in [-0.25, -0.2) is 23.9 Å². The average molecular weight is 526 g/mol. The molecule has 1 rings (SSSR count). The van der Waals surface area contributed by atoms with Crippen molar-refractivity contribution in [3.63, 3.8) is 0 Å². The maximum atomic E-state index is 13.0. The molecule has 208 valence electrons. The van der Waals surface area contributed by atoms with Crippen LogP contribution in [0.3, 0.4) is 0 Å². The lowest BCUT2D eigenvalue weighted by Crippen LogP contribution is -2.48. The first-order valence-electron chi connectivity index (χ1n) is 11.9. The summed E-state index contributed by atoms with van der Waals surface area (Å²) in [6, 6.07) is 1.51. The van der Waals surface area contributed by atoms with Gasteiger partial charge < -0.3 is 24.3 Å². The van der Waals surface area contributed by atoms with E-state index in [1.165, 1.54) is 18.5 Å². The minimum absolute atomic E-state index is 0.0903. The van der Waals surface area contributed by atoms with Crippen molar-refractivity contribution in [1.29, 1.82) is 0 Å². The highest BCUT2D eigenvalue weighted by Crippen LogP contribution is 2.14. The Balaban J connectivity index is 2.99. The van der Waals surface area contributed by atoms with Crippen LogP contribution < -0.4 is 5.32 Å². The number of unbranched alkanes of at least 4 members (excludes halogenated alkanes) is 1. The third-order valence-corrected chi connectivity index (χ3v) is 3.72. The molecule has 0 saturated carbocycles. The molecule has 0 fully saturated rings. The minimum Gasteiger partial charge on any atom is -0.449 e. The number of hydrogen-bond donors (Lipinski definition) is 1. The third kappa shape index (κ3) is 13.3. The van der Waals surface area contributed by atoms with Crippen molar-refractivity contribution in [1.82, 2.24) is 20.0 Å². The number of nitrogens with zero attached hydrogens (tertiary/aromatic N) is 4. The van der Waals surface area contributed by atoms with E-state index in [9.17, 15) is 19.2 Å². The second-order valence-corrected chi connectivity index (χ2v) is 10.9. The number of hydrogen-bond acceptors (Lipinski definition) is 9. The second-order valence-electron chi connectivity index (χ2n) is 10.9. The summed E-state index contributed by atoms with van der Waals surface area (Å²) >= 11 is 0. The van der Waals surface area contributed by atoms with Gasteiger partial charge in [0.15, 0.2) is 0 Å². The van der Waals surface area contributed by atoms with Crippen molar-refractivity contribution in [2.75, 3.05) is 13.2 Å². The SMILES string of the molecule is CC(C)(C)OC(=O)N=C(N(C(=O)OCCCCNC(=O)OC(C)(C)C)C(=O)OC(C)(C)C)n1cccn1. The zero-order chi connectivity index (χ0) is 28.4. The van der Waals surface area contributed by atoms with Crippen molar-refractivity contribution in [2.24, 2.45) is 4.99 Å². The number of aromatic nitrogens is 2. The van der Waals surface area contributed by atoms with Crippen LogP contribution >= 0.6 is 0 Å². The van der Waals surface area contributed by atoms with E-state index >= 15 is 0 Å².